The number of amides is 1. The first-order valence-corrected chi connectivity index (χ1v) is 8.35. The second kappa shape index (κ2) is 6.66. The Balaban J connectivity index is 1.69. The number of hydrogen-bond donors (Lipinski definition) is 1. The van der Waals surface area contributed by atoms with Crippen LogP contribution in [0.25, 0.3) is 0 Å². The largest absolute Gasteiger partial charge is 0.353 e. The molecule has 4 heteroatoms. The topological polar surface area (TPSA) is 47.6 Å². The fourth-order valence-electron chi connectivity index (χ4n) is 3.71. The zero-order chi connectivity index (χ0) is 15.5. The molecule has 1 unspecified atom stereocenters. The Morgan fingerprint density at radius 3 is 2.33 bits per heavy atom. The van der Waals surface area contributed by atoms with Crippen molar-refractivity contribution in [3.63, 3.8) is 0 Å². The minimum atomic E-state index is -0.333. The van der Waals surface area contributed by atoms with Crippen LogP contribution in [-0.4, -0.2) is 30.9 Å². The minimum Gasteiger partial charge on any atom is -0.353 e. The van der Waals surface area contributed by atoms with Gasteiger partial charge in [0, 0.05) is 25.3 Å². The molecule has 2 aliphatic rings. The molecule has 1 saturated carbocycles. The molecule has 0 bridgehead atoms. The lowest BCUT2D eigenvalue weighted by molar-refractivity contribution is -0.180. The fraction of sp³-hybridized carbons (Fsp3) is 0.941. The van der Waals surface area contributed by atoms with E-state index in [4.69, 9.17) is 9.47 Å². The number of nitrogens with one attached hydrogen (secondary N) is 1. The molecule has 21 heavy (non-hydrogen) atoms. The van der Waals surface area contributed by atoms with E-state index in [0.29, 0.717) is 25.6 Å². The Kier molecular flexibility index (Phi) is 5.31. The highest BCUT2D eigenvalue weighted by Gasteiger charge is 2.40. The van der Waals surface area contributed by atoms with E-state index in [1.807, 2.05) is 0 Å². The highest BCUT2D eigenvalue weighted by atomic mass is 16.7. The summed E-state index contributed by atoms with van der Waals surface area (Å²) < 4.78 is 11.4. The lowest BCUT2D eigenvalue weighted by Crippen LogP contribution is -2.44. The van der Waals surface area contributed by atoms with Gasteiger partial charge in [0.05, 0.1) is 13.2 Å². The summed E-state index contributed by atoms with van der Waals surface area (Å²) in [4.78, 5) is 12.1. The summed E-state index contributed by atoms with van der Waals surface area (Å²) >= 11 is 0. The van der Waals surface area contributed by atoms with Gasteiger partial charge in [0.25, 0.3) is 0 Å². The van der Waals surface area contributed by atoms with Crippen molar-refractivity contribution in [3.05, 3.63) is 0 Å². The van der Waals surface area contributed by atoms with Crippen LogP contribution in [0.4, 0.5) is 0 Å². The maximum Gasteiger partial charge on any atom is 0.220 e. The van der Waals surface area contributed by atoms with Gasteiger partial charge in [-0.15, -0.1) is 0 Å². The first kappa shape index (κ1) is 16.8. The van der Waals surface area contributed by atoms with Crippen molar-refractivity contribution in [3.8, 4) is 0 Å². The zero-order valence-corrected chi connectivity index (χ0v) is 14.0. The first-order chi connectivity index (χ1) is 9.78. The van der Waals surface area contributed by atoms with Crippen molar-refractivity contribution in [2.75, 3.05) is 13.2 Å². The maximum atomic E-state index is 12.1. The summed E-state index contributed by atoms with van der Waals surface area (Å²) in [5.41, 5.74) is 0.286. The molecule has 1 saturated heterocycles. The molecule has 4 nitrogen and oxygen atoms in total. The Labute approximate surface area is 129 Å². The lowest BCUT2D eigenvalue weighted by atomic mass is 9.84. The third-order valence-electron chi connectivity index (χ3n) is 4.42. The third-order valence-corrected chi connectivity index (χ3v) is 4.42. The van der Waals surface area contributed by atoms with Gasteiger partial charge in [-0.3, -0.25) is 4.79 Å². The number of carbonyl (C=O) groups is 1. The monoisotopic (exact) mass is 297 g/mol. The Bertz CT molecular complexity index is 346. The number of rotatable bonds is 4. The summed E-state index contributed by atoms with van der Waals surface area (Å²) in [5, 5.41) is 3.19. The van der Waals surface area contributed by atoms with E-state index >= 15 is 0 Å². The average Bonchev–Trinajstić information content (AvgIpc) is 2.78. The SMILES string of the molecule is CC(CC(=O)NC1CCC2(CC1)OCCO2)CC(C)(C)C. The first-order valence-electron chi connectivity index (χ1n) is 8.35. The molecular weight excluding hydrogens is 266 g/mol. The van der Waals surface area contributed by atoms with E-state index in [2.05, 4.69) is 33.0 Å². The second-order valence-corrected chi connectivity index (χ2v) is 8.02. The van der Waals surface area contributed by atoms with E-state index in [0.717, 1.165) is 32.1 Å². The van der Waals surface area contributed by atoms with Gasteiger partial charge in [-0.1, -0.05) is 27.7 Å². The molecule has 1 amide bonds. The third kappa shape index (κ3) is 5.26. The summed E-state index contributed by atoms with van der Waals surface area (Å²) in [7, 11) is 0. The van der Waals surface area contributed by atoms with E-state index in [1.54, 1.807) is 0 Å². The van der Waals surface area contributed by atoms with Gasteiger partial charge in [0.1, 0.15) is 0 Å². The maximum absolute atomic E-state index is 12.1. The van der Waals surface area contributed by atoms with Crippen LogP contribution >= 0.6 is 0 Å². The molecular formula is C17H31NO3. The standard InChI is InChI=1S/C17H31NO3/c1-13(12-16(2,3)4)11-15(19)18-14-5-7-17(8-6-14)20-9-10-21-17/h13-14H,5-12H2,1-4H3,(H,18,19). The van der Waals surface area contributed by atoms with Gasteiger partial charge in [-0.05, 0) is 30.6 Å². The molecule has 1 N–H and O–H groups in total. The van der Waals surface area contributed by atoms with Crippen molar-refractivity contribution < 1.29 is 14.3 Å². The van der Waals surface area contributed by atoms with Crippen LogP contribution in [0.15, 0.2) is 0 Å². The van der Waals surface area contributed by atoms with Crippen LogP contribution in [-0.2, 0) is 14.3 Å². The molecule has 122 valence electrons. The molecule has 2 rings (SSSR count). The van der Waals surface area contributed by atoms with Gasteiger partial charge in [0.15, 0.2) is 5.79 Å². The van der Waals surface area contributed by atoms with E-state index < -0.39 is 0 Å². The average molecular weight is 297 g/mol. The van der Waals surface area contributed by atoms with Crippen molar-refractivity contribution in [1.29, 1.82) is 0 Å². The van der Waals surface area contributed by atoms with E-state index in [1.165, 1.54) is 0 Å². The van der Waals surface area contributed by atoms with Crippen LogP contribution in [0.2, 0.25) is 0 Å². The summed E-state index contributed by atoms with van der Waals surface area (Å²) in [5.74, 6) is 0.295. The van der Waals surface area contributed by atoms with Gasteiger partial charge < -0.3 is 14.8 Å². The normalized spacial score (nSPS) is 24.2. The smallest absolute Gasteiger partial charge is 0.220 e. The van der Waals surface area contributed by atoms with E-state index in [-0.39, 0.29) is 23.2 Å². The van der Waals surface area contributed by atoms with Crippen LogP contribution < -0.4 is 5.32 Å². The molecule has 0 aromatic rings. The predicted molar refractivity (Wildman–Crippen MR) is 82.9 cm³/mol. The summed E-state index contributed by atoms with van der Waals surface area (Å²) in [6, 6.07) is 0.290. The van der Waals surface area contributed by atoms with Gasteiger partial charge in [-0.2, -0.15) is 0 Å². The summed E-state index contributed by atoms with van der Waals surface area (Å²) in [6.07, 6.45) is 5.42. The molecule has 1 aliphatic carbocycles. The van der Waals surface area contributed by atoms with Gasteiger partial charge >= 0.3 is 0 Å². The van der Waals surface area contributed by atoms with Crippen molar-refractivity contribution in [1.82, 2.24) is 5.32 Å². The number of carbonyl (C=O) groups excluding carboxylic acids is 1. The van der Waals surface area contributed by atoms with Crippen LogP contribution in [0.1, 0.15) is 66.2 Å². The second-order valence-electron chi connectivity index (χ2n) is 8.02. The van der Waals surface area contributed by atoms with Crippen LogP contribution in [0.3, 0.4) is 0 Å². The molecule has 1 heterocycles. The molecule has 1 spiro atoms. The molecule has 0 aromatic carbocycles. The minimum absolute atomic E-state index is 0.195. The van der Waals surface area contributed by atoms with Crippen molar-refractivity contribution >= 4 is 5.91 Å². The zero-order valence-electron chi connectivity index (χ0n) is 14.0. The van der Waals surface area contributed by atoms with E-state index in [9.17, 15) is 4.79 Å². The quantitative estimate of drug-likeness (QED) is 0.866. The van der Waals surface area contributed by atoms with Gasteiger partial charge in [-0.25, -0.2) is 0 Å². The fourth-order valence-corrected chi connectivity index (χ4v) is 3.71. The van der Waals surface area contributed by atoms with Crippen LogP contribution in [0.5, 0.6) is 0 Å². The van der Waals surface area contributed by atoms with Gasteiger partial charge in [0.2, 0.25) is 5.91 Å². The van der Waals surface area contributed by atoms with Crippen LogP contribution in [0, 0.1) is 11.3 Å². The summed E-state index contributed by atoms with van der Waals surface area (Å²) in [6.45, 7) is 10.3. The predicted octanol–water partition coefficient (Wildman–Crippen LogP) is 3.25. The molecule has 1 atom stereocenters. The van der Waals surface area contributed by atoms with Crippen molar-refractivity contribution in [2.24, 2.45) is 11.3 Å². The van der Waals surface area contributed by atoms with Crippen molar-refractivity contribution in [2.45, 2.75) is 78.0 Å². The Morgan fingerprint density at radius 1 is 1.24 bits per heavy atom. The highest BCUT2D eigenvalue weighted by Crippen LogP contribution is 2.35. The number of ether oxygens (including phenoxy) is 2. The Morgan fingerprint density at radius 2 is 1.81 bits per heavy atom. The molecule has 0 radical (unpaired) electrons. The lowest BCUT2D eigenvalue weighted by Gasteiger charge is -2.35. The molecule has 0 aromatic heterocycles. The number of hydrogen-bond acceptors (Lipinski definition) is 3. The Hall–Kier alpha value is -0.610. The molecule has 2 fully saturated rings. The highest BCUT2D eigenvalue weighted by molar-refractivity contribution is 5.76. The molecule has 1 aliphatic heterocycles.